The number of aromatic nitrogens is 2. The van der Waals surface area contributed by atoms with Crippen molar-refractivity contribution in [3.8, 4) is 0 Å². The molecule has 1 spiro atoms. The van der Waals surface area contributed by atoms with E-state index in [1.54, 1.807) is 0 Å². The molecule has 0 amide bonds. The van der Waals surface area contributed by atoms with Gasteiger partial charge in [0.1, 0.15) is 16.8 Å². The van der Waals surface area contributed by atoms with Crippen molar-refractivity contribution in [1.82, 2.24) is 14.9 Å². The summed E-state index contributed by atoms with van der Waals surface area (Å²) in [6, 6.07) is 2.54. The van der Waals surface area contributed by atoms with E-state index in [0.29, 0.717) is 16.6 Å². The molecule has 19 heavy (non-hydrogen) atoms. The molecule has 0 aliphatic carbocycles. The molecule has 0 radical (unpaired) electrons. The van der Waals surface area contributed by atoms with E-state index < -0.39 is 0 Å². The van der Waals surface area contributed by atoms with Crippen LogP contribution in [-0.4, -0.2) is 60.3 Å². The molecule has 1 aromatic rings. The van der Waals surface area contributed by atoms with Crippen LogP contribution >= 0.6 is 11.6 Å². The van der Waals surface area contributed by atoms with Crippen LogP contribution in [0.25, 0.3) is 0 Å². The molecule has 6 heteroatoms. The SMILES string of the molecule is Cc1nc(Cl)cc(N2CC3(C2)CN(C2COC2)C3)n1. The first kappa shape index (κ1) is 11.9. The molecule has 0 N–H and O–H groups in total. The van der Waals surface area contributed by atoms with Gasteiger partial charge in [-0.05, 0) is 6.92 Å². The van der Waals surface area contributed by atoms with Gasteiger partial charge in [0.05, 0.1) is 19.3 Å². The maximum atomic E-state index is 5.99. The van der Waals surface area contributed by atoms with Crippen LogP contribution in [-0.2, 0) is 4.74 Å². The molecule has 4 heterocycles. The van der Waals surface area contributed by atoms with E-state index >= 15 is 0 Å². The average Bonchev–Trinajstić information content (AvgIpc) is 2.14. The third-order valence-electron chi connectivity index (χ3n) is 4.38. The van der Waals surface area contributed by atoms with E-state index in [2.05, 4.69) is 19.8 Å². The van der Waals surface area contributed by atoms with Crippen molar-refractivity contribution in [2.75, 3.05) is 44.3 Å². The number of halogens is 1. The fraction of sp³-hybridized carbons (Fsp3) is 0.692. The van der Waals surface area contributed by atoms with Crippen LogP contribution in [0.2, 0.25) is 5.15 Å². The number of ether oxygens (including phenoxy) is 1. The Morgan fingerprint density at radius 2 is 2.00 bits per heavy atom. The van der Waals surface area contributed by atoms with E-state index in [1.165, 1.54) is 13.1 Å². The number of hydrogen-bond acceptors (Lipinski definition) is 5. The normalized spacial score (nSPS) is 25.9. The molecule has 5 nitrogen and oxygen atoms in total. The zero-order valence-electron chi connectivity index (χ0n) is 11.0. The molecule has 4 rings (SSSR count). The smallest absolute Gasteiger partial charge is 0.134 e. The highest BCUT2D eigenvalue weighted by atomic mass is 35.5. The topological polar surface area (TPSA) is 41.5 Å². The lowest BCUT2D eigenvalue weighted by Crippen LogP contribution is -2.75. The predicted molar refractivity (Wildman–Crippen MR) is 72.6 cm³/mol. The summed E-state index contributed by atoms with van der Waals surface area (Å²) in [5, 5.41) is 0.533. The van der Waals surface area contributed by atoms with Crippen molar-refractivity contribution in [1.29, 1.82) is 0 Å². The molecule has 0 atom stereocenters. The van der Waals surface area contributed by atoms with E-state index in [1.807, 2.05) is 13.0 Å². The summed E-state index contributed by atoms with van der Waals surface area (Å²) in [5.74, 6) is 1.71. The minimum Gasteiger partial charge on any atom is -0.378 e. The summed E-state index contributed by atoms with van der Waals surface area (Å²) in [6.45, 7) is 8.30. The molecule has 3 aliphatic rings. The van der Waals surface area contributed by atoms with Crippen LogP contribution in [0.4, 0.5) is 5.82 Å². The molecule has 0 bridgehead atoms. The lowest BCUT2D eigenvalue weighted by atomic mass is 9.72. The van der Waals surface area contributed by atoms with Gasteiger partial charge in [0.15, 0.2) is 0 Å². The molecule has 3 saturated heterocycles. The van der Waals surface area contributed by atoms with E-state index in [-0.39, 0.29) is 0 Å². The zero-order valence-corrected chi connectivity index (χ0v) is 11.7. The maximum Gasteiger partial charge on any atom is 0.134 e. The van der Waals surface area contributed by atoms with E-state index in [4.69, 9.17) is 16.3 Å². The van der Waals surface area contributed by atoms with Gasteiger partial charge in [-0.15, -0.1) is 0 Å². The van der Waals surface area contributed by atoms with E-state index in [9.17, 15) is 0 Å². The van der Waals surface area contributed by atoms with Gasteiger partial charge >= 0.3 is 0 Å². The molecule has 0 aromatic carbocycles. The fourth-order valence-electron chi connectivity index (χ4n) is 3.31. The second kappa shape index (κ2) is 4.04. The molecular weight excluding hydrogens is 264 g/mol. The van der Waals surface area contributed by atoms with Crippen LogP contribution in [0.15, 0.2) is 6.07 Å². The van der Waals surface area contributed by atoms with Crippen LogP contribution in [0.3, 0.4) is 0 Å². The van der Waals surface area contributed by atoms with Gasteiger partial charge in [-0.2, -0.15) is 0 Å². The van der Waals surface area contributed by atoms with Crippen LogP contribution in [0.5, 0.6) is 0 Å². The lowest BCUT2D eigenvalue weighted by Gasteiger charge is -2.63. The largest absolute Gasteiger partial charge is 0.378 e. The highest BCUT2D eigenvalue weighted by Crippen LogP contribution is 2.43. The van der Waals surface area contributed by atoms with Gasteiger partial charge in [-0.3, -0.25) is 4.90 Å². The standard InChI is InChI=1S/C13H17ClN4O/c1-9-15-11(14)2-12(16-9)18-7-13(8-18)5-17(6-13)10-3-19-4-10/h2,10H,3-8H2,1H3. The van der Waals surface area contributed by atoms with Crippen molar-refractivity contribution >= 4 is 17.4 Å². The van der Waals surface area contributed by atoms with Crippen molar-refractivity contribution < 1.29 is 4.74 Å². The number of anilines is 1. The number of likely N-dealkylation sites (tertiary alicyclic amines) is 1. The Hall–Kier alpha value is -0.910. The highest BCUT2D eigenvalue weighted by Gasteiger charge is 2.54. The second-order valence-electron chi connectivity index (χ2n) is 6.05. The minimum atomic E-state index is 0.487. The van der Waals surface area contributed by atoms with Gasteiger partial charge in [-0.1, -0.05) is 11.6 Å². The zero-order chi connectivity index (χ0) is 13.0. The second-order valence-corrected chi connectivity index (χ2v) is 6.44. The first-order valence-corrected chi connectivity index (χ1v) is 7.09. The summed E-state index contributed by atoms with van der Waals surface area (Å²) in [4.78, 5) is 13.4. The molecule has 0 saturated carbocycles. The van der Waals surface area contributed by atoms with Crippen molar-refractivity contribution in [3.05, 3.63) is 17.0 Å². The Bertz CT molecular complexity index is 485. The first-order chi connectivity index (χ1) is 9.13. The van der Waals surface area contributed by atoms with Gasteiger partial charge in [-0.25, -0.2) is 9.97 Å². The summed E-state index contributed by atoms with van der Waals surface area (Å²) in [7, 11) is 0. The Balaban J connectivity index is 1.37. The number of rotatable bonds is 2. The number of aryl methyl sites for hydroxylation is 1. The molecule has 3 fully saturated rings. The Kier molecular flexibility index (Phi) is 2.53. The molecule has 0 unspecified atom stereocenters. The average molecular weight is 281 g/mol. The fourth-order valence-corrected chi connectivity index (χ4v) is 3.53. The van der Waals surface area contributed by atoms with Crippen molar-refractivity contribution in [3.63, 3.8) is 0 Å². The van der Waals surface area contributed by atoms with Gasteiger partial charge in [0.2, 0.25) is 0 Å². The number of hydrogen-bond donors (Lipinski definition) is 0. The number of nitrogens with zero attached hydrogens (tertiary/aromatic N) is 4. The Labute approximate surface area is 117 Å². The highest BCUT2D eigenvalue weighted by molar-refractivity contribution is 6.29. The molecule has 1 aromatic heterocycles. The third-order valence-corrected chi connectivity index (χ3v) is 4.58. The molecule has 3 aliphatic heterocycles. The predicted octanol–water partition coefficient (Wildman–Crippen LogP) is 0.959. The monoisotopic (exact) mass is 280 g/mol. The lowest BCUT2D eigenvalue weighted by molar-refractivity contribution is -0.137. The van der Waals surface area contributed by atoms with Crippen molar-refractivity contribution in [2.24, 2.45) is 5.41 Å². The van der Waals surface area contributed by atoms with E-state index in [0.717, 1.165) is 37.9 Å². The van der Waals surface area contributed by atoms with Gasteiger partial charge in [0, 0.05) is 37.7 Å². The van der Waals surface area contributed by atoms with Crippen LogP contribution in [0.1, 0.15) is 5.82 Å². The maximum absolute atomic E-state index is 5.99. The summed E-state index contributed by atoms with van der Waals surface area (Å²) >= 11 is 5.99. The molecular formula is C13H17ClN4O. The Morgan fingerprint density at radius 1 is 1.26 bits per heavy atom. The Morgan fingerprint density at radius 3 is 2.58 bits per heavy atom. The van der Waals surface area contributed by atoms with Crippen LogP contribution in [0, 0.1) is 12.3 Å². The van der Waals surface area contributed by atoms with Gasteiger partial charge < -0.3 is 9.64 Å². The molecule has 102 valence electrons. The van der Waals surface area contributed by atoms with Gasteiger partial charge in [0.25, 0.3) is 0 Å². The summed E-state index contributed by atoms with van der Waals surface area (Å²) in [5.41, 5.74) is 0.487. The third kappa shape index (κ3) is 1.91. The van der Waals surface area contributed by atoms with Crippen molar-refractivity contribution in [2.45, 2.75) is 13.0 Å². The summed E-state index contributed by atoms with van der Waals surface area (Å²) < 4.78 is 5.24. The minimum absolute atomic E-state index is 0.487. The van der Waals surface area contributed by atoms with Crippen LogP contribution < -0.4 is 4.90 Å². The first-order valence-electron chi connectivity index (χ1n) is 6.72. The quantitative estimate of drug-likeness (QED) is 0.755. The summed E-state index contributed by atoms with van der Waals surface area (Å²) in [6.07, 6.45) is 0.